The third-order valence-corrected chi connectivity index (χ3v) is 4.86. The van der Waals surface area contributed by atoms with E-state index in [1.165, 1.54) is 0 Å². The van der Waals surface area contributed by atoms with Gasteiger partial charge in [-0.1, -0.05) is 28.1 Å². The third kappa shape index (κ3) is 5.44. The van der Waals surface area contributed by atoms with Crippen LogP contribution in [0.5, 0.6) is 0 Å². The summed E-state index contributed by atoms with van der Waals surface area (Å²) >= 11 is 3.39. The van der Waals surface area contributed by atoms with E-state index < -0.39 is 12.0 Å². The summed E-state index contributed by atoms with van der Waals surface area (Å²) in [4.78, 5) is 26.7. The SMILES string of the molecule is CN(CC(=O)O)C1CCN(C(C(N)=O)c2ccc(Br)cc2)CC1.Cl. The van der Waals surface area contributed by atoms with Crippen molar-refractivity contribution in [1.82, 2.24) is 9.80 Å². The molecule has 1 saturated heterocycles. The molecule has 1 aromatic rings. The maximum Gasteiger partial charge on any atom is 0.317 e. The van der Waals surface area contributed by atoms with Crippen molar-refractivity contribution in [3.8, 4) is 0 Å². The molecule has 0 radical (unpaired) electrons. The van der Waals surface area contributed by atoms with Gasteiger partial charge in [0, 0.05) is 23.6 Å². The molecule has 8 heteroatoms. The molecule has 1 heterocycles. The van der Waals surface area contributed by atoms with Gasteiger partial charge in [0.15, 0.2) is 0 Å². The van der Waals surface area contributed by atoms with Crippen molar-refractivity contribution in [2.75, 3.05) is 26.7 Å². The molecule has 1 aliphatic heterocycles. The zero-order valence-electron chi connectivity index (χ0n) is 13.5. The molecule has 24 heavy (non-hydrogen) atoms. The molecular weight excluding hydrogens is 398 g/mol. The van der Waals surface area contributed by atoms with E-state index >= 15 is 0 Å². The molecule has 0 saturated carbocycles. The van der Waals surface area contributed by atoms with Crippen LogP contribution in [0.4, 0.5) is 0 Å². The minimum atomic E-state index is -0.820. The van der Waals surface area contributed by atoms with E-state index in [-0.39, 0.29) is 30.9 Å². The summed E-state index contributed by atoms with van der Waals surface area (Å²) in [7, 11) is 1.83. The lowest BCUT2D eigenvalue weighted by Crippen LogP contribution is -2.48. The Labute approximate surface area is 156 Å². The van der Waals surface area contributed by atoms with E-state index in [2.05, 4.69) is 20.8 Å². The smallest absolute Gasteiger partial charge is 0.317 e. The molecule has 2 rings (SSSR count). The highest BCUT2D eigenvalue weighted by atomic mass is 79.9. The summed E-state index contributed by atoms with van der Waals surface area (Å²) < 4.78 is 0.957. The molecule has 1 aromatic carbocycles. The second kappa shape index (κ2) is 9.36. The number of likely N-dealkylation sites (tertiary alicyclic amines) is 1. The Morgan fingerprint density at radius 3 is 2.33 bits per heavy atom. The predicted molar refractivity (Wildman–Crippen MR) is 98.2 cm³/mol. The van der Waals surface area contributed by atoms with E-state index in [0.717, 1.165) is 36.0 Å². The quantitative estimate of drug-likeness (QED) is 0.734. The number of aliphatic carboxylic acids is 1. The molecule has 0 aromatic heterocycles. The monoisotopic (exact) mass is 419 g/mol. The molecule has 1 unspecified atom stereocenters. The van der Waals surface area contributed by atoms with Gasteiger partial charge in [-0.3, -0.25) is 19.4 Å². The number of nitrogens with two attached hydrogens (primary N) is 1. The fraction of sp³-hybridized carbons (Fsp3) is 0.500. The summed E-state index contributed by atoms with van der Waals surface area (Å²) in [5.41, 5.74) is 6.50. The van der Waals surface area contributed by atoms with Gasteiger partial charge < -0.3 is 10.8 Å². The lowest BCUT2D eigenvalue weighted by atomic mass is 9.98. The van der Waals surface area contributed by atoms with Crippen molar-refractivity contribution in [1.29, 1.82) is 0 Å². The van der Waals surface area contributed by atoms with Crippen LogP contribution in [0.15, 0.2) is 28.7 Å². The fourth-order valence-electron chi connectivity index (χ4n) is 3.13. The summed E-state index contributed by atoms with van der Waals surface area (Å²) in [6, 6.07) is 7.40. The Morgan fingerprint density at radius 2 is 1.88 bits per heavy atom. The first-order valence-electron chi connectivity index (χ1n) is 7.59. The number of primary amides is 1. The van der Waals surface area contributed by atoms with Crippen LogP contribution in [-0.2, 0) is 9.59 Å². The number of halogens is 2. The molecule has 1 amide bonds. The molecule has 0 aliphatic carbocycles. The first kappa shape index (κ1) is 20.9. The number of carbonyl (C=O) groups excluding carboxylic acids is 1. The Kier molecular flexibility index (Phi) is 8.15. The highest BCUT2D eigenvalue weighted by Crippen LogP contribution is 2.27. The van der Waals surface area contributed by atoms with Crippen LogP contribution in [0.2, 0.25) is 0 Å². The Morgan fingerprint density at radius 1 is 1.33 bits per heavy atom. The van der Waals surface area contributed by atoms with Gasteiger partial charge in [-0.25, -0.2) is 0 Å². The number of likely N-dealkylation sites (N-methyl/N-ethyl adjacent to an activating group) is 1. The van der Waals surface area contributed by atoms with Gasteiger partial charge in [0.25, 0.3) is 0 Å². The van der Waals surface area contributed by atoms with Gasteiger partial charge in [0.05, 0.1) is 6.54 Å². The number of carboxylic acid groups (broad SMARTS) is 1. The number of nitrogens with zero attached hydrogens (tertiary/aromatic N) is 2. The maximum atomic E-state index is 11.9. The maximum absolute atomic E-state index is 11.9. The van der Waals surface area contributed by atoms with E-state index in [1.807, 2.05) is 36.2 Å². The second-order valence-corrected chi connectivity index (χ2v) is 6.85. The van der Waals surface area contributed by atoms with Crippen LogP contribution in [0.25, 0.3) is 0 Å². The number of piperidine rings is 1. The highest BCUT2D eigenvalue weighted by molar-refractivity contribution is 9.10. The molecule has 134 valence electrons. The van der Waals surface area contributed by atoms with Gasteiger partial charge in [-0.15, -0.1) is 12.4 Å². The first-order chi connectivity index (χ1) is 10.9. The summed E-state index contributed by atoms with van der Waals surface area (Å²) in [5, 5.41) is 8.88. The highest BCUT2D eigenvalue weighted by Gasteiger charge is 2.31. The van der Waals surface area contributed by atoms with Crippen LogP contribution in [-0.4, -0.2) is 59.5 Å². The zero-order valence-corrected chi connectivity index (χ0v) is 15.9. The largest absolute Gasteiger partial charge is 0.480 e. The van der Waals surface area contributed by atoms with Crippen LogP contribution in [0, 0.1) is 0 Å². The minimum absolute atomic E-state index is 0. The summed E-state index contributed by atoms with van der Waals surface area (Å²) in [6.45, 7) is 1.48. The van der Waals surface area contributed by atoms with Gasteiger partial charge in [0.2, 0.25) is 5.91 Å². The lowest BCUT2D eigenvalue weighted by Gasteiger charge is -2.39. The lowest BCUT2D eigenvalue weighted by molar-refractivity contribution is -0.138. The molecule has 1 fully saturated rings. The number of carbonyl (C=O) groups is 2. The number of carboxylic acids is 1. The van der Waals surface area contributed by atoms with Gasteiger partial charge in [-0.05, 0) is 37.6 Å². The van der Waals surface area contributed by atoms with E-state index in [1.54, 1.807) is 0 Å². The van der Waals surface area contributed by atoms with Crippen molar-refractivity contribution in [3.63, 3.8) is 0 Å². The van der Waals surface area contributed by atoms with E-state index in [9.17, 15) is 9.59 Å². The van der Waals surface area contributed by atoms with Crippen molar-refractivity contribution in [2.45, 2.75) is 24.9 Å². The Hall–Kier alpha value is -1.15. The molecular formula is C16H23BrClN3O3. The molecule has 3 N–H and O–H groups in total. The van der Waals surface area contributed by atoms with E-state index in [0.29, 0.717) is 0 Å². The normalized spacial score (nSPS) is 17.3. The summed E-state index contributed by atoms with van der Waals surface area (Å²) in [6.07, 6.45) is 1.65. The second-order valence-electron chi connectivity index (χ2n) is 5.93. The fourth-order valence-corrected chi connectivity index (χ4v) is 3.39. The number of hydrogen-bond acceptors (Lipinski definition) is 4. The predicted octanol–water partition coefficient (Wildman–Crippen LogP) is 1.88. The van der Waals surface area contributed by atoms with Crippen molar-refractivity contribution < 1.29 is 14.7 Å². The average molecular weight is 421 g/mol. The van der Waals surface area contributed by atoms with Gasteiger partial charge >= 0.3 is 5.97 Å². The van der Waals surface area contributed by atoms with Crippen LogP contribution >= 0.6 is 28.3 Å². The van der Waals surface area contributed by atoms with E-state index in [4.69, 9.17) is 10.8 Å². The number of rotatable bonds is 6. The van der Waals surface area contributed by atoms with Crippen molar-refractivity contribution in [2.24, 2.45) is 5.73 Å². The van der Waals surface area contributed by atoms with Crippen molar-refractivity contribution in [3.05, 3.63) is 34.3 Å². The van der Waals surface area contributed by atoms with Gasteiger partial charge in [0.1, 0.15) is 6.04 Å². The van der Waals surface area contributed by atoms with Crippen LogP contribution in [0.1, 0.15) is 24.4 Å². The third-order valence-electron chi connectivity index (χ3n) is 4.33. The molecule has 1 aliphatic rings. The Bertz CT molecular complexity index is 562. The number of benzene rings is 1. The van der Waals surface area contributed by atoms with Gasteiger partial charge in [-0.2, -0.15) is 0 Å². The Balaban J connectivity index is 0.00000288. The van der Waals surface area contributed by atoms with Crippen LogP contribution in [0.3, 0.4) is 0 Å². The first-order valence-corrected chi connectivity index (χ1v) is 8.38. The standard InChI is InChI=1S/C16H22BrN3O3.ClH/c1-19(10-14(21)22)13-6-8-20(9-7-13)15(16(18)23)11-2-4-12(17)5-3-11;/h2-5,13,15H,6-10H2,1H3,(H2,18,23)(H,21,22);1H. The number of amides is 1. The minimum Gasteiger partial charge on any atom is -0.480 e. The zero-order chi connectivity index (χ0) is 17.0. The molecule has 1 atom stereocenters. The number of hydrogen-bond donors (Lipinski definition) is 2. The summed E-state index contributed by atoms with van der Waals surface area (Å²) in [5.74, 6) is -1.18. The topological polar surface area (TPSA) is 86.9 Å². The molecule has 0 bridgehead atoms. The van der Waals surface area contributed by atoms with Crippen molar-refractivity contribution >= 4 is 40.2 Å². The molecule has 6 nitrogen and oxygen atoms in total. The molecule has 0 spiro atoms. The average Bonchev–Trinajstić information content (AvgIpc) is 2.49. The van der Waals surface area contributed by atoms with Crippen LogP contribution < -0.4 is 5.73 Å².